The van der Waals surface area contributed by atoms with Gasteiger partial charge in [0.25, 0.3) is 0 Å². The molecule has 122 valence electrons. The normalized spacial score (nSPS) is 10.8. The number of nitrogens with zero attached hydrogens (tertiary/aromatic N) is 2. The van der Waals surface area contributed by atoms with Crippen LogP contribution in [0.5, 0.6) is 0 Å². The van der Waals surface area contributed by atoms with E-state index in [1.165, 1.54) is 7.11 Å². The third-order valence-corrected chi connectivity index (χ3v) is 4.17. The number of esters is 1. The Bertz CT molecular complexity index is 1050. The van der Waals surface area contributed by atoms with Crippen molar-refractivity contribution in [3.8, 4) is 16.9 Å². The zero-order chi connectivity index (χ0) is 17.2. The molecule has 25 heavy (non-hydrogen) atoms. The zero-order valence-electron chi connectivity index (χ0n) is 13.7. The average Bonchev–Trinajstić information content (AvgIpc) is 3.13. The number of carbonyl (C=O) groups is 1. The molecule has 0 aliphatic heterocycles. The van der Waals surface area contributed by atoms with Crippen molar-refractivity contribution in [3.63, 3.8) is 0 Å². The van der Waals surface area contributed by atoms with Crippen LogP contribution in [0.2, 0.25) is 0 Å². The van der Waals surface area contributed by atoms with Crippen molar-refractivity contribution in [3.05, 3.63) is 84.6 Å². The van der Waals surface area contributed by atoms with Crippen molar-refractivity contribution in [2.24, 2.45) is 0 Å². The topological polar surface area (TPSA) is 44.1 Å². The van der Waals surface area contributed by atoms with Crippen LogP contribution in [0.1, 0.15) is 10.5 Å². The Kier molecular flexibility index (Phi) is 3.78. The number of hydrogen-bond acceptors (Lipinski definition) is 3. The number of carbonyl (C=O) groups excluding carboxylic acids is 1. The first-order chi connectivity index (χ1) is 12.3. The molecule has 0 unspecified atom stereocenters. The summed E-state index contributed by atoms with van der Waals surface area (Å²) in [6.45, 7) is 0. The lowest BCUT2D eigenvalue weighted by molar-refractivity contribution is 0.0593. The lowest BCUT2D eigenvalue weighted by Gasteiger charge is -2.10. The highest BCUT2D eigenvalue weighted by Gasteiger charge is 2.18. The van der Waals surface area contributed by atoms with Gasteiger partial charge in [-0.25, -0.2) is 9.48 Å². The molecule has 0 saturated heterocycles. The molecule has 3 aromatic carbocycles. The first kappa shape index (κ1) is 15.1. The molecule has 4 aromatic rings. The van der Waals surface area contributed by atoms with Crippen LogP contribution in [-0.4, -0.2) is 22.9 Å². The molecule has 0 aliphatic carbocycles. The fourth-order valence-corrected chi connectivity index (χ4v) is 2.99. The molecule has 0 spiro atoms. The summed E-state index contributed by atoms with van der Waals surface area (Å²) >= 11 is 0. The zero-order valence-corrected chi connectivity index (χ0v) is 13.7. The van der Waals surface area contributed by atoms with E-state index in [9.17, 15) is 4.79 Å². The summed E-state index contributed by atoms with van der Waals surface area (Å²) in [5, 5.41) is 6.73. The summed E-state index contributed by atoms with van der Waals surface area (Å²) in [6, 6.07) is 25.8. The van der Waals surface area contributed by atoms with Gasteiger partial charge in [0.1, 0.15) is 0 Å². The van der Waals surface area contributed by atoms with E-state index in [1.54, 1.807) is 10.7 Å². The summed E-state index contributed by atoms with van der Waals surface area (Å²) in [5.41, 5.74) is 3.04. The third kappa shape index (κ3) is 2.68. The van der Waals surface area contributed by atoms with Gasteiger partial charge in [0, 0.05) is 5.56 Å². The quantitative estimate of drug-likeness (QED) is 0.521. The Labute approximate surface area is 145 Å². The van der Waals surface area contributed by atoms with Gasteiger partial charge in [-0.1, -0.05) is 60.7 Å². The van der Waals surface area contributed by atoms with Crippen molar-refractivity contribution >= 4 is 16.7 Å². The van der Waals surface area contributed by atoms with E-state index in [2.05, 4.69) is 23.3 Å². The molecular weight excluding hydrogens is 312 g/mol. The maximum Gasteiger partial charge on any atom is 0.358 e. The fourth-order valence-electron chi connectivity index (χ4n) is 2.99. The van der Waals surface area contributed by atoms with Gasteiger partial charge in [0.05, 0.1) is 18.5 Å². The van der Waals surface area contributed by atoms with Gasteiger partial charge >= 0.3 is 5.97 Å². The number of ether oxygens (including phenoxy) is 1. The first-order valence-corrected chi connectivity index (χ1v) is 8.00. The Balaban J connectivity index is 2.00. The first-order valence-electron chi connectivity index (χ1n) is 8.00. The van der Waals surface area contributed by atoms with Crippen molar-refractivity contribution in [1.82, 2.24) is 9.78 Å². The molecule has 0 bridgehead atoms. The minimum absolute atomic E-state index is 0.286. The SMILES string of the molecule is COC(=O)c1cc(-c2cccc3ccccc23)n(-c2ccccc2)n1. The van der Waals surface area contributed by atoms with E-state index in [4.69, 9.17) is 4.74 Å². The molecule has 0 atom stereocenters. The van der Waals surface area contributed by atoms with Gasteiger partial charge in [0.15, 0.2) is 5.69 Å². The molecule has 4 nitrogen and oxygen atoms in total. The van der Waals surface area contributed by atoms with E-state index < -0.39 is 5.97 Å². The number of para-hydroxylation sites is 1. The van der Waals surface area contributed by atoms with E-state index in [-0.39, 0.29) is 5.69 Å². The Morgan fingerprint density at radius 3 is 2.44 bits per heavy atom. The van der Waals surface area contributed by atoms with Crippen molar-refractivity contribution in [2.75, 3.05) is 7.11 Å². The number of rotatable bonds is 3. The predicted molar refractivity (Wildman–Crippen MR) is 97.8 cm³/mol. The second-order valence-electron chi connectivity index (χ2n) is 5.68. The number of fused-ring (bicyclic) bond motifs is 1. The summed E-state index contributed by atoms with van der Waals surface area (Å²) in [6.07, 6.45) is 0. The fraction of sp³-hybridized carbons (Fsp3) is 0.0476. The maximum absolute atomic E-state index is 12.0. The molecule has 1 aromatic heterocycles. The molecule has 0 aliphatic rings. The van der Waals surface area contributed by atoms with Crippen LogP contribution in [0.4, 0.5) is 0 Å². The van der Waals surface area contributed by atoms with E-state index in [0.29, 0.717) is 0 Å². The van der Waals surface area contributed by atoms with Crippen LogP contribution < -0.4 is 0 Å². The van der Waals surface area contributed by atoms with Gasteiger partial charge in [-0.15, -0.1) is 0 Å². The van der Waals surface area contributed by atoms with Gasteiger partial charge in [0.2, 0.25) is 0 Å². The number of methoxy groups -OCH3 is 1. The molecule has 4 heteroatoms. The Hall–Kier alpha value is -3.40. The lowest BCUT2D eigenvalue weighted by atomic mass is 10.0. The molecule has 4 rings (SSSR count). The molecule has 1 heterocycles. The second-order valence-corrected chi connectivity index (χ2v) is 5.68. The summed E-state index contributed by atoms with van der Waals surface area (Å²) < 4.78 is 6.63. The van der Waals surface area contributed by atoms with Gasteiger partial charge in [-0.3, -0.25) is 0 Å². The maximum atomic E-state index is 12.0. The van der Waals surface area contributed by atoms with Crippen LogP contribution in [0.3, 0.4) is 0 Å². The van der Waals surface area contributed by atoms with Crippen LogP contribution in [-0.2, 0) is 4.74 Å². The van der Waals surface area contributed by atoms with Crippen LogP contribution in [0.25, 0.3) is 27.7 Å². The highest BCUT2D eigenvalue weighted by atomic mass is 16.5. The highest BCUT2D eigenvalue weighted by Crippen LogP contribution is 2.31. The van der Waals surface area contributed by atoms with Crippen LogP contribution >= 0.6 is 0 Å². The van der Waals surface area contributed by atoms with Crippen LogP contribution in [0, 0.1) is 0 Å². The number of hydrogen-bond donors (Lipinski definition) is 0. The molecule has 0 fully saturated rings. The second kappa shape index (κ2) is 6.24. The van der Waals surface area contributed by atoms with Gasteiger partial charge in [-0.05, 0) is 29.0 Å². The number of aromatic nitrogens is 2. The highest BCUT2D eigenvalue weighted by molar-refractivity contribution is 5.97. The molecule has 0 saturated carbocycles. The molecule has 0 radical (unpaired) electrons. The average molecular weight is 328 g/mol. The van der Waals surface area contributed by atoms with Crippen molar-refractivity contribution in [2.45, 2.75) is 0 Å². The molecule has 0 amide bonds. The molecule has 0 N–H and O–H groups in total. The van der Waals surface area contributed by atoms with Gasteiger partial charge in [-0.2, -0.15) is 5.10 Å². The molecular formula is C21H16N2O2. The minimum atomic E-state index is -0.448. The Morgan fingerprint density at radius 1 is 0.920 bits per heavy atom. The predicted octanol–water partition coefficient (Wildman–Crippen LogP) is 4.48. The smallest absolute Gasteiger partial charge is 0.358 e. The van der Waals surface area contributed by atoms with E-state index >= 15 is 0 Å². The standard InChI is InChI=1S/C21H16N2O2/c1-25-21(24)19-14-20(23(22-19)16-10-3-2-4-11-16)18-13-7-9-15-8-5-6-12-17(15)18/h2-14H,1H3. The van der Waals surface area contributed by atoms with Crippen molar-refractivity contribution in [1.29, 1.82) is 0 Å². The van der Waals surface area contributed by atoms with E-state index in [0.717, 1.165) is 27.7 Å². The monoisotopic (exact) mass is 328 g/mol. The summed E-state index contributed by atoms with van der Waals surface area (Å²) in [4.78, 5) is 12.0. The van der Waals surface area contributed by atoms with Gasteiger partial charge < -0.3 is 4.74 Å². The third-order valence-electron chi connectivity index (χ3n) is 4.17. The number of benzene rings is 3. The summed E-state index contributed by atoms with van der Waals surface area (Å²) in [5.74, 6) is -0.448. The largest absolute Gasteiger partial charge is 0.464 e. The minimum Gasteiger partial charge on any atom is -0.464 e. The van der Waals surface area contributed by atoms with Crippen molar-refractivity contribution < 1.29 is 9.53 Å². The Morgan fingerprint density at radius 2 is 1.64 bits per heavy atom. The van der Waals surface area contributed by atoms with E-state index in [1.807, 2.05) is 54.6 Å². The lowest BCUT2D eigenvalue weighted by Crippen LogP contribution is -2.04. The summed E-state index contributed by atoms with van der Waals surface area (Å²) in [7, 11) is 1.36. The van der Waals surface area contributed by atoms with Crippen LogP contribution in [0.15, 0.2) is 78.9 Å².